The van der Waals surface area contributed by atoms with Gasteiger partial charge in [-0.2, -0.15) is 0 Å². The smallest absolute Gasteiger partial charge is 0.200 e. The first-order valence-electron chi connectivity index (χ1n) is 15.5. The molecule has 4 N–H and O–H groups in total. The summed E-state index contributed by atoms with van der Waals surface area (Å²) in [5.41, 5.74) is -2.05. The van der Waals surface area contributed by atoms with Gasteiger partial charge in [0.25, 0.3) is 0 Å². The van der Waals surface area contributed by atoms with Crippen molar-refractivity contribution in [2.75, 3.05) is 71.8 Å². The van der Waals surface area contributed by atoms with Crippen LogP contribution in [0.1, 0.15) is 48.3 Å². The minimum atomic E-state index is -3.47. The Bertz CT molecular complexity index is 1330. The number of phenols is 2. The van der Waals surface area contributed by atoms with Crippen LogP contribution < -0.4 is 10.6 Å². The Morgan fingerprint density at radius 3 is 1.72 bits per heavy atom. The number of phenolic OH excluding ortho intramolecular Hbond substituents is 2. The molecule has 1 aliphatic carbocycles. The summed E-state index contributed by atoms with van der Waals surface area (Å²) in [6.45, 7) is -15.1. The van der Waals surface area contributed by atoms with E-state index in [2.05, 4.69) is 10.6 Å². The summed E-state index contributed by atoms with van der Waals surface area (Å²) < 4.78 is 86.9. The second-order valence-electron chi connectivity index (χ2n) is 7.65. The van der Waals surface area contributed by atoms with Gasteiger partial charge in [0.15, 0.2) is 0 Å². The first-order valence-corrected chi connectivity index (χ1v) is 9.54. The van der Waals surface area contributed by atoms with E-state index in [0.717, 1.165) is 25.2 Å². The highest BCUT2D eigenvalue weighted by molar-refractivity contribution is 6.33. The molecule has 3 rings (SSSR count). The fourth-order valence-corrected chi connectivity index (χ4v) is 3.42. The number of nitrogens with one attached hydrogen (secondary N) is 2. The van der Waals surface area contributed by atoms with Gasteiger partial charge in [-0.05, 0) is 24.3 Å². The number of hydrogen-bond donors (Lipinski definition) is 4. The highest BCUT2D eigenvalue weighted by Crippen LogP contribution is 2.42. The molecule has 2 aromatic rings. The topological polar surface area (TPSA) is 122 Å². The number of rotatable bonds is 8. The second kappa shape index (κ2) is 8.42. The van der Waals surface area contributed by atoms with Crippen molar-refractivity contribution in [3.05, 3.63) is 51.7 Å². The van der Waals surface area contributed by atoms with Gasteiger partial charge in [-0.15, -0.1) is 0 Å². The Morgan fingerprint density at radius 1 is 0.812 bits per heavy atom. The lowest BCUT2D eigenvalue weighted by Crippen LogP contribution is -2.38. The Balaban J connectivity index is 1.98. The number of anilines is 2. The SMILES string of the molecule is [2H]C([2H])([2H])[N+](C)(CCNc1ccc(O)c2c1C(=O)c1c(O)ccc(NCC[N+]([O-])(C([2H])([2H])[2H])C([2H])([2H])[2H])c1C2=O)C([2H])([2H])[2H]. The maximum Gasteiger partial charge on any atom is 0.200 e. The first kappa shape index (κ1) is 12.2. The molecule has 0 bridgehead atoms. The Hall–Kier alpha value is -3.14. The molecule has 2 aromatic carbocycles. The van der Waals surface area contributed by atoms with Crippen LogP contribution in [-0.4, -0.2) is 92.0 Å². The van der Waals surface area contributed by atoms with Gasteiger partial charge < -0.3 is 35.2 Å². The minimum absolute atomic E-state index is 0.0639. The Kier molecular flexibility index (Phi) is 3.21. The number of fused-ring (bicyclic) bond motifs is 2. The summed E-state index contributed by atoms with van der Waals surface area (Å²) in [5.74, 6) is -3.18. The average molecular weight is 456 g/mol. The summed E-state index contributed by atoms with van der Waals surface area (Å²) in [4.78, 5) is 27.4. The van der Waals surface area contributed by atoms with Crippen LogP contribution in [0.4, 0.5) is 11.4 Å². The number of aromatic hydroxyl groups is 2. The van der Waals surface area contributed by atoms with Gasteiger partial charge in [0.05, 0.1) is 99.8 Å². The van der Waals surface area contributed by atoms with Crippen LogP contribution in [0, 0.1) is 5.21 Å². The van der Waals surface area contributed by atoms with Crippen molar-refractivity contribution < 1.29 is 45.4 Å². The van der Waals surface area contributed by atoms with Crippen molar-refractivity contribution in [3.8, 4) is 11.5 Å². The number of carbonyl (C=O) groups excluding carboxylic acids is 2. The van der Waals surface area contributed by atoms with E-state index < -0.39 is 96.4 Å². The van der Waals surface area contributed by atoms with Gasteiger partial charge in [0, 0.05) is 11.4 Å². The predicted molar refractivity (Wildman–Crippen MR) is 123 cm³/mol. The average Bonchev–Trinajstić information content (AvgIpc) is 2.85. The quantitative estimate of drug-likeness (QED) is 0.233. The number of carbonyl (C=O) groups is 2. The van der Waals surface area contributed by atoms with Crippen LogP contribution in [0.15, 0.2) is 24.3 Å². The molecule has 0 saturated carbocycles. The van der Waals surface area contributed by atoms with Gasteiger partial charge in [0.2, 0.25) is 11.6 Å². The van der Waals surface area contributed by atoms with Crippen LogP contribution in [0.2, 0.25) is 0 Å². The Morgan fingerprint density at radius 2 is 1.28 bits per heavy atom. The molecular weight excluding hydrogens is 412 g/mol. The van der Waals surface area contributed by atoms with Crippen molar-refractivity contribution in [3.63, 3.8) is 0 Å². The first-order chi connectivity index (χ1) is 19.8. The third-order valence-corrected chi connectivity index (χ3v) is 4.89. The van der Waals surface area contributed by atoms with E-state index in [-0.39, 0.29) is 23.5 Å². The predicted octanol–water partition coefficient (Wildman–Crippen LogP) is 1.98. The summed E-state index contributed by atoms with van der Waals surface area (Å²) >= 11 is 0. The van der Waals surface area contributed by atoms with Crippen molar-refractivity contribution in [1.82, 2.24) is 0 Å². The number of quaternary nitrogens is 2. The Labute approximate surface area is 204 Å². The van der Waals surface area contributed by atoms with E-state index in [1.165, 1.54) is 6.07 Å². The number of nitrogens with zero attached hydrogens (tertiary/aromatic N) is 2. The van der Waals surface area contributed by atoms with Crippen LogP contribution in [0.3, 0.4) is 0 Å². The zero-order chi connectivity index (χ0) is 33.8. The molecule has 9 nitrogen and oxygen atoms in total. The van der Waals surface area contributed by atoms with Crippen molar-refractivity contribution in [2.45, 2.75) is 0 Å². The molecule has 0 atom stereocenters. The summed E-state index contributed by atoms with van der Waals surface area (Å²) in [6, 6.07) is 4.48. The van der Waals surface area contributed by atoms with E-state index in [4.69, 9.17) is 16.4 Å². The molecule has 172 valence electrons. The second-order valence-corrected chi connectivity index (χ2v) is 7.65. The van der Waals surface area contributed by atoms with Gasteiger partial charge in [-0.1, -0.05) is 0 Å². The molecule has 0 saturated heterocycles. The van der Waals surface area contributed by atoms with Crippen molar-refractivity contribution in [2.24, 2.45) is 0 Å². The largest absolute Gasteiger partial charge is 0.633 e. The molecule has 0 radical (unpaired) electrons. The number of hydrogen-bond acceptors (Lipinski definition) is 7. The molecule has 0 aromatic heterocycles. The summed E-state index contributed by atoms with van der Waals surface area (Å²) in [5, 5.41) is 39.3. The fourth-order valence-electron chi connectivity index (χ4n) is 3.42. The van der Waals surface area contributed by atoms with Gasteiger partial charge >= 0.3 is 0 Å². The van der Waals surface area contributed by atoms with Crippen LogP contribution in [-0.2, 0) is 0 Å². The zero-order valence-corrected chi connectivity index (χ0v) is 17.2. The van der Waals surface area contributed by atoms with Crippen LogP contribution in [0.5, 0.6) is 11.5 Å². The molecule has 0 fully saturated rings. The highest BCUT2D eigenvalue weighted by atomic mass is 16.5. The maximum absolute atomic E-state index is 13.7. The molecule has 0 aliphatic heterocycles. The number of likely N-dealkylation sites (N-methyl/N-ethyl adjacent to an activating group) is 2. The fraction of sp³-hybridized carbons (Fsp3) is 0.391. The van der Waals surface area contributed by atoms with Gasteiger partial charge in [-0.3, -0.25) is 9.59 Å². The van der Waals surface area contributed by atoms with Crippen LogP contribution in [0.25, 0.3) is 0 Å². The van der Waals surface area contributed by atoms with E-state index in [1.54, 1.807) is 0 Å². The third kappa shape index (κ3) is 4.85. The van der Waals surface area contributed by atoms with Crippen molar-refractivity contribution in [1.29, 1.82) is 0 Å². The minimum Gasteiger partial charge on any atom is -0.633 e. The van der Waals surface area contributed by atoms with Crippen LogP contribution >= 0.6 is 0 Å². The normalized spacial score (nSPS) is 20.7. The maximum atomic E-state index is 13.7. The molecule has 0 amide bonds. The highest BCUT2D eigenvalue weighted by Gasteiger charge is 2.38. The van der Waals surface area contributed by atoms with E-state index >= 15 is 0 Å². The van der Waals surface area contributed by atoms with Crippen molar-refractivity contribution >= 4 is 22.9 Å². The van der Waals surface area contributed by atoms with E-state index in [1.807, 2.05) is 0 Å². The monoisotopic (exact) mass is 455 g/mol. The number of hydroxylamine groups is 3. The lowest BCUT2D eigenvalue weighted by atomic mass is 9.81. The molecule has 1 aliphatic rings. The molecular formula is C23H31N4O5+. The molecule has 0 spiro atoms. The number of benzene rings is 2. The third-order valence-electron chi connectivity index (χ3n) is 4.89. The summed E-state index contributed by atoms with van der Waals surface area (Å²) in [6.07, 6.45) is 0. The van der Waals surface area contributed by atoms with Gasteiger partial charge in [0.1, 0.15) is 11.5 Å². The molecule has 32 heavy (non-hydrogen) atoms. The molecule has 0 heterocycles. The number of ketones is 2. The van der Waals surface area contributed by atoms with E-state index in [9.17, 15) is 25.0 Å². The molecule has 0 unspecified atom stereocenters. The standard InChI is InChI=1S/C23H30N4O5/c1-26(2,3)12-10-24-14-6-8-16(28)20-18(14)22(30)21-17(29)9-7-15(19(21)23(20)31)25-11-13-27(4,5)32/h6-9H,10-13H2,1-5H3,(H3-,24,25,28,29,30,31)/p+1/i1D3,2D3,4D3,5D3. The van der Waals surface area contributed by atoms with Gasteiger partial charge in [-0.25, -0.2) is 0 Å². The van der Waals surface area contributed by atoms with E-state index in [0.29, 0.717) is 0 Å². The lowest BCUT2D eigenvalue weighted by Gasteiger charge is -2.34. The zero-order valence-electron chi connectivity index (χ0n) is 29.2. The molecule has 9 heteroatoms. The lowest BCUT2D eigenvalue weighted by molar-refractivity contribution is -0.868. The summed E-state index contributed by atoms with van der Waals surface area (Å²) in [7, 11) is 1.03.